The van der Waals surface area contributed by atoms with Crippen molar-refractivity contribution in [3.63, 3.8) is 0 Å². The first-order chi connectivity index (χ1) is 3.72. The second kappa shape index (κ2) is 3.78. The fourth-order valence-electron chi connectivity index (χ4n) is 0.225. The summed E-state index contributed by atoms with van der Waals surface area (Å²) in [6.45, 7) is -0.265. The highest BCUT2D eigenvalue weighted by molar-refractivity contribution is 7.13. The van der Waals surface area contributed by atoms with Gasteiger partial charge in [0, 0.05) is 0 Å². The zero-order valence-corrected chi connectivity index (χ0v) is 5.45. The van der Waals surface area contributed by atoms with E-state index in [4.69, 9.17) is 10.8 Å². The molecule has 2 unspecified atom stereocenters. The van der Waals surface area contributed by atoms with Crippen LogP contribution >= 0.6 is 9.39 Å². The normalized spacial score (nSPS) is 13.2. The van der Waals surface area contributed by atoms with Crippen molar-refractivity contribution in [3.05, 3.63) is 0 Å². The maximum absolute atomic E-state index is 10.1. The standard InChI is InChI=1S/C3H9N2O2P/c4-3(7)2(1-6)5-8/h2,5-6H,1,8H2,(H2,4,7). The number of rotatable bonds is 3. The first-order valence-electron chi connectivity index (χ1n) is 2.08. The van der Waals surface area contributed by atoms with E-state index >= 15 is 0 Å². The summed E-state index contributed by atoms with van der Waals surface area (Å²) in [5, 5.41) is 10.8. The molecular weight excluding hydrogens is 127 g/mol. The van der Waals surface area contributed by atoms with Crippen LogP contribution in [0.4, 0.5) is 0 Å². The molecule has 8 heavy (non-hydrogen) atoms. The highest BCUT2D eigenvalue weighted by Gasteiger charge is 2.08. The lowest BCUT2D eigenvalue weighted by molar-refractivity contribution is -0.120. The van der Waals surface area contributed by atoms with Crippen molar-refractivity contribution in [2.45, 2.75) is 6.04 Å². The van der Waals surface area contributed by atoms with Gasteiger partial charge in [-0.15, -0.1) is 0 Å². The van der Waals surface area contributed by atoms with Gasteiger partial charge in [-0.05, 0) is 0 Å². The number of amides is 1. The highest BCUT2D eigenvalue weighted by atomic mass is 31.0. The fraction of sp³-hybridized carbons (Fsp3) is 0.667. The molecule has 0 aromatic heterocycles. The Balaban J connectivity index is 3.52. The number of carbonyl (C=O) groups is 1. The average molecular weight is 136 g/mol. The van der Waals surface area contributed by atoms with E-state index in [1.165, 1.54) is 0 Å². The molecule has 0 bridgehead atoms. The fourth-order valence-corrected chi connectivity index (χ4v) is 0.494. The minimum Gasteiger partial charge on any atom is -0.394 e. The third-order valence-electron chi connectivity index (χ3n) is 0.727. The summed E-state index contributed by atoms with van der Waals surface area (Å²) >= 11 is 0. The van der Waals surface area contributed by atoms with Crippen LogP contribution in [0.1, 0.15) is 0 Å². The number of aliphatic hydroxyl groups is 1. The monoisotopic (exact) mass is 136 g/mol. The summed E-state index contributed by atoms with van der Waals surface area (Å²) in [7, 11) is 2.10. The molecule has 48 valence electrons. The van der Waals surface area contributed by atoms with Crippen LogP contribution in [-0.4, -0.2) is 23.7 Å². The number of carbonyl (C=O) groups excluding carboxylic acids is 1. The van der Waals surface area contributed by atoms with E-state index in [0.29, 0.717) is 0 Å². The molecule has 0 aliphatic rings. The van der Waals surface area contributed by atoms with Crippen LogP contribution in [0.25, 0.3) is 0 Å². The third kappa shape index (κ3) is 2.21. The van der Waals surface area contributed by atoms with E-state index in [9.17, 15) is 4.79 Å². The van der Waals surface area contributed by atoms with E-state index in [0.717, 1.165) is 0 Å². The summed E-state index contributed by atoms with van der Waals surface area (Å²) in [5.41, 5.74) is 4.78. The van der Waals surface area contributed by atoms with E-state index in [2.05, 4.69) is 14.5 Å². The number of hydrogen-bond acceptors (Lipinski definition) is 3. The molecule has 2 atom stereocenters. The summed E-state index contributed by atoms with van der Waals surface area (Å²) in [6, 6.07) is -0.639. The summed E-state index contributed by atoms with van der Waals surface area (Å²) in [4.78, 5) is 10.1. The number of nitrogens with one attached hydrogen (secondary N) is 1. The Bertz CT molecular complexity index is 83.4. The molecule has 0 saturated heterocycles. The van der Waals surface area contributed by atoms with Crippen molar-refractivity contribution >= 4 is 15.3 Å². The Morgan fingerprint density at radius 1 is 2.00 bits per heavy atom. The van der Waals surface area contributed by atoms with Gasteiger partial charge in [-0.25, -0.2) is 0 Å². The molecule has 0 rings (SSSR count). The SMILES string of the molecule is NC(=O)C(CO)NP. The topological polar surface area (TPSA) is 75.4 Å². The Morgan fingerprint density at radius 2 is 2.50 bits per heavy atom. The van der Waals surface area contributed by atoms with E-state index in [1.807, 2.05) is 0 Å². The van der Waals surface area contributed by atoms with Gasteiger partial charge in [-0.3, -0.25) is 9.88 Å². The van der Waals surface area contributed by atoms with Crippen LogP contribution in [0.5, 0.6) is 0 Å². The van der Waals surface area contributed by atoms with E-state index in [1.54, 1.807) is 0 Å². The summed E-state index contributed by atoms with van der Waals surface area (Å²) < 4.78 is 0. The van der Waals surface area contributed by atoms with Gasteiger partial charge in [0.1, 0.15) is 6.04 Å². The molecule has 0 heterocycles. The molecule has 4 N–H and O–H groups in total. The lowest BCUT2D eigenvalue weighted by Gasteiger charge is -2.05. The second-order valence-electron chi connectivity index (χ2n) is 1.30. The molecular formula is C3H9N2O2P. The van der Waals surface area contributed by atoms with Crippen LogP contribution in [0.3, 0.4) is 0 Å². The van der Waals surface area contributed by atoms with Crippen LogP contribution in [0.15, 0.2) is 0 Å². The molecule has 4 nitrogen and oxygen atoms in total. The predicted molar refractivity (Wildman–Crippen MR) is 32.9 cm³/mol. The van der Waals surface area contributed by atoms with Crippen LogP contribution in [0.2, 0.25) is 0 Å². The van der Waals surface area contributed by atoms with Crippen LogP contribution < -0.4 is 10.8 Å². The molecule has 0 aliphatic heterocycles. The number of nitrogens with two attached hydrogens (primary N) is 1. The minimum atomic E-state index is -0.639. The summed E-state index contributed by atoms with van der Waals surface area (Å²) in [5.74, 6) is -0.553. The van der Waals surface area contributed by atoms with Crippen LogP contribution in [0, 0.1) is 0 Å². The van der Waals surface area contributed by atoms with Gasteiger partial charge >= 0.3 is 0 Å². The molecule has 0 saturated carbocycles. The second-order valence-corrected chi connectivity index (χ2v) is 1.64. The smallest absolute Gasteiger partial charge is 0.237 e. The molecule has 0 fully saturated rings. The third-order valence-corrected chi connectivity index (χ3v) is 1.13. The van der Waals surface area contributed by atoms with Crippen molar-refractivity contribution in [2.24, 2.45) is 5.73 Å². The lowest BCUT2D eigenvalue weighted by Crippen LogP contribution is -2.39. The van der Waals surface area contributed by atoms with Crippen molar-refractivity contribution in [2.75, 3.05) is 6.61 Å². The van der Waals surface area contributed by atoms with Crippen molar-refractivity contribution in [3.8, 4) is 0 Å². The lowest BCUT2D eigenvalue weighted by atomic mass is 10.3. The first-order valence-corrected chi connectivity index (χ1v) is 2.66. The predicted octanol–water partition coefficient (Wildman–Crippen LogP) is -1.79. The van der Waals surface area contributed by atoms with Crippen molar-refractivity contribution < 1.29 is 9.90 Å². The van der Waals surface area contributed by atoms with Crippen molar-refractivity contribution in [1.29, 1.82) is 0 Å². The van der Waals surface area contributed by atoms with Gasteiger partial charge in [0.05, 0.1) is 6.61 Å². The van der Waals surface area contributed by atoms with Crippen LogP contribution in [-0.2, 0) is 4.79 Å². The Morgan fingerprint density at radius 3 is 2.50 bits per heavy atom. The molecule has 1 amide bonds. The molecule has 0 radical (unpaired) electrons. The number of aliphatic hydroxyl groups excluding tert-OH is 1. The maximum Gasteiger partial charge on any atom is 0.237 e. The quantitative estimate of drug-likeness (QED) is 0.401. The van der Waals surface area contributed by atoms with Crippen molar-refractivity contribution in [1.82, 2.24) is 5.09 Å². The Hall–Kier alpha value is -0.180. The molecule has 0 aromatic carbocycles. The van der Waals surface area contributed by atoms with Gasteiger partial charge in [-0.1, -0.05) is 9.39 Å². The van der Waals surface area contributed by atoms with E-state index in [-0.39, 0.29) is 6.61 Å². The average Bonchev–Trinajstić information content (AvgIpc) is 1.69. The highest BCUT2D eigenvalue weighted by Crippen LogP contribution is 1.81. The van der Waals surface area contributed by atoms with Gasteiger partial charge in [0.25, 0.3) is 0 Å². The zero-order chi connectivity index (χ0) is 6.57. The van der Waals surface area contributed by atoms with E-state index < -0.39 is 11.9 Å². The van der Waals surface area contributed by atoms with Gasteiger partial charge in [0.2, 0.25) is 5.91 Å². The van der Waals surface area contributed by atoms with Gasteiger partial charge < -0.3 is 10.8 Å². The maximum atomic E-state index is 10.1. The minimum absolute atomic E-state index is 0.265. The number of primary amides is 1. The molecule has 0 aromatic rings. The largest absolute Gasteiger partial charge is 0.394 e. The first kappa shape index (κ1) is 7.82. The summed E-state index contributed by atoms with van der Waals surface area (Å²) in [6.07, 6.45) is 0. The Labute approximate surface area is 49.7 Å². The molecule has 0 spiro atoms. The van der Waals surface area contributed by atoms with Gasteiger partial charge in [0.15, 0.2) is 0 Å². The Kier molecular flexibility index (Phi) is 3.69. The zero-order valence-electron chi connectivity index (χ0n) is 4.29. The molecule has 0 aliphatic carbocycles. The number of hydrogen-bond donors (Lipinski definition) is 3. The van der Waals surface area contributed by atoms with Gasteiger partial charge in [-0.2, -0.15) is 0 Å². The molecule has 5 heteroatoms.